The van der Waals surface area contributed by atoms with Crippen LogP contribution in [0.25, 0.3) is 0 Å². The second-order valence-corrected chi connectivity index (χ2v) is 2.91. The summed E-state index contributed by atoms with van der Waals surface area (Å²) in [6, 6.07) is -0.0788. The number of carbonyl (C=O) groups excluding carboxylic acids is 1. The van der Waals surface area contributed by atoms with Crippen LogP contribution in [0.4, 0.5) is 0 Å². The summed E-state index contributed by atoms with van der Waals surface area (Å²) >= 11 is 0. The summed E-state index contributed by atoms with van der Waals surface area (Å²) < 4.78 is 4.83. The van der Waals surface area contributed by atoms with Crippen molar-refractivity contribution in [2.45, 2.75) is 19.4 Å². The Kier molecular flexibility index (Phi) is 3.70. The quantitative estimate of drug-likeness (QED) is 0.379. The van der Waals surface area contributed by atoms with E-state index in [1.165, 1.54) is 0 Å². The molecule has 0 bridgehead atoms. The monoisotopic (exact) mass is 180 g/mol. The Labute approximate surface area is 78.4 Å². The van der Waals surface area contributed by atoms with Crippen molar-refractivity contribution in [2.75, 3.05) is 6.54 Å². The van der Waals surface area contributed by atoms with E-state index in [0.717, 1.165) is 19.4 Å². The molecule has 0 aromatic heterocycles. The van der Waals surface area contributed by atoms with Crippen LogP contribution in [0, 0.1) is 5.41 Å². The molecule has 1 aliphatic rings. The molecule has 0 radical (unpaired) electrons. The number of hydrogen-bond acceptors (Lipinski definition) is 4. The molecule has 1 N–H and O–H groups in total. The second-order valence-electron chi connectivity index (χ2n) is 2.91. The Morgan fingerprint density at radius 2 is 2.69 bits per heavy atom. The Morgan fingerprint density at radius 1 is 1.92 bits per heavy atom. The van der Waals surface area contributed by atoms with E-state index < -0.39 is 0 Å². The largest absolute Gasteiger partial charge is 0.541 e. The standard InChI is InChI=1S/C8H13BN2O2/c1-2-7-8(12)4-3-5-11(7)9-13-6-10/h3-4,6-7,9-10H,2,5H2,1H3/t7-/m1/s1. The molecule has 0 fully saturated rings. The first-order valence-electron chi connectivity index (χ1n) is 4.34. The van der Waals surface area contributed by atoms with Gasteiger partial charge < -0.3 is 4.65 Å². The number of ketones is 1. The highest BCUT2D eigenvalue weighted by atomic mass is 16.4. The van der Waals surface area contributed by atoms with Crippen molar-refractivity contribution in [1.82, 2.24) is 4.81 Å². The normalized spacial score (nSPS) is 22.8. The van der Waals surface area contributed by atoms with Crippen molar-refractivity contribution in [1.29, 1.82) is 5.41 Å². The maximum absolute atomic E-state index is 11.4. The Hall–Kier alpha value is -1.10. The van der Waals surface area contributed by atoms with Gasteiger partial charge in [-0.2, -0.15) is 0 Å². The van der Waals surface area contributed by atoms with Crippen LogP contribution in [-0.4, -0.2) is 37.2 Å². The zero-order chi connectivity index (χ0) is 9.68. The first-order valence-corrected chi connectivity index (χ1v) is 4.34. The van der Waals surface area contributed by atoms with E-state index in [0.29, 0.717) is 7.62 Å². The minimum absolute atomic E-state index is 0.0788. The van der Waals surface area contributed by atoms with Crippen molar-refractivity contribution in [2.24, 2.45) is 0 Å². The zero-order valence-electron chi connectivity index (χ0n) is 7.69. The van der Waals surface area contributed by atoms with E-state index in [2.05, 4.69) is 0 Å². The molecule has 0 aliphatic carbocycles. The van der Waals surface area contributed by atoms with E-state index in [1.807, 2.05) is 17.8 Å². The number of hydrogen-bond donors (Lipinski definition) is 1. The first kappa shape index (κ1) is 9.99. The van der Waals surface area contributed by atoms with Crippen molar-refractivity contribution in [3.63, 3.8) is 0 Å². The van der Waals surface area contributed by atoms with Gasteiger partial charge in [0.25, 0.3) is 0 Å². The van der Waals surface area contributed by atoms with Gasteiger partial charge in [-0.05, 0) is 12.5 Å². The topological polar surface area (TPSA) is 53.4 Å². The van der Waals surface area contributed by atoms with Crippen LogP contribution in [0.2, 0.25) is 0 Å². The lowest BCUT2D eigenvalue weighted by Crippen LogP contribution is -2.45. The fourth-order valence-corrected chi connectivity index (χ4v) is 1.46. The molecule has 0 aromatic rings. The van der Waals surface area contributed by atoms with Crippen LogP contribution in [0.5, 0.6) is 0 Å². The molecule has 0 saturated heterocycles. The van der Waals surface area contributed by atoms with Gasteiger partial charge in [0.1, 0.15) is 6.40 Å². The molecule has 0 amide bonds. The molecule has 70 valence electrons. The highest BCUT2D eigenvalue weighted by molar-refractivity contribution is 6.27. The number of nitrogens with one attached hydrogen (secondary N) is 1. The molecular formula is C8H13BN2O2. The van der Waals surface area contributed by atoms with Gasteiger partial charge in [-0.3, -0.25) is 15.0 Å². The van der Waals surface area contributed by atoms with Gasteiger partial charge in [0, 0.05) is 6.54 Å². The third-order valence-corrected chi connectivity index (χ3v) is 2.10. The molecule has 0 aromatic carbocycles. The van der Waals surface area contributed by atoms with Gasteiger partial charge in [0.05, 0.1) is 6.04 Å². The van der Waals surface area contributed by atoms with Crippen molar-refractivity contribution in [3.8, 4) is 0 Å². The maximum Gasteiger partial charge on any atom is 0.432 e. The highest BCUT2D eigenvalue weighted by Gasteiger charge is 2.25. The lowest BCUT2D eigenvalue weighted by molar-refractivity contribution is -0.118. The van der Waals surface area contributed by atoms with Crippen LogP contribution in [0.3, 0.4) is 0 Å². The van der Waals surface area contributed by atoms with Crippen LogP contribution in [0.1, 0.15) is 13.3 Å². The number of rotatable bonds is 4. The molecule has 0 unspecified atom stereocenters. The van der Waals surface area contributed by atoms with Crippen LogP contribution in [-0.2, 0) is 9.45 Å². The number of carbonyl (C=O) groups is 1. The Morgan fingerprint density at radius 3 is 3.31 bits per heavy atom. The predicted octanol–water partition coefficient (Wildman–Crippen LogP) is 0.0961. The van der Waals surface area contributed by atoms with Crippen LogP contribution >= 0.6 is 0 Å². The summed E-state index contributed by atoms with van der Waals surface area (Å²) in [5, 5.41) is 6.72. The summed E-state index contributed by atoms with van der Waals surface area (Å²) in [4.78, 5) is 13.3. The predicted molar refractivity (Wildman–Crippen MR) is 51.9 cm³/mol. The third-order valence-electron chi connectivity index (χ3n) is 2.10. The number of nitrogens with zero attached hydrogens (tertiary/aromatic N) is 1. The molecule has 5 heteroatoms. The molecule has 4 nitrogen and oxygen atoms in total. The zero-order valence-corrected chi connectivity index (χ0v) is 7.69. The summed E-state index contributed by atoms with van der Waals surface area (Å²) in [5.74, 6) is 0.127. The third kappa shape index (κ3) is 2.42. The van der Waals surface area contributed by atoms with Gasteiger partial charge >= 0.3 is 7.62 Å². The molecule has 1 atom stereocenters. The minimum atomic E-state index is -0.0788. The summed E-state index contributed by atoms with van der Waals surface area (Å²) in [5.41, 5.74) is 0. The summed E-state index contributed by atoms with van der Waals surface area (Å²) in [6.07, 6.45) is 5.12. The Bertz CT molecular complexity index is 230. The van der Waals surface area contributed by atoms with Crippen molar-refractivity contribution >= 4 is 19.8 Å². The fourth-order valence-electron chi connectivity index (χ4n) is 1.46. The van der Waals surface area contributed by atoms with Gasteiger partial charge in [-0.15, -0.1) is 0 Å². The smallest absolute Gasteiger partial charge is 0.432 e. The minimum Gasteiger partial charge on any atom is -0.541 e. The fraction of sp³-hybridized carbons (Fsp3) is 0.500. The highest BCUT2D eigenvalue weighted by Crippen LogP contribution is 2.09. The summed E-state index contributed by atoms with van der Waals surface area (Å²) in [6.45, 7) is 2.69. The molecule has 0 spiro atoms. The lowest BCUT2D eigenvalue weighted by atomic mass is 9.98. The van der Waals surface area contributed by atoms with E-state index in [4.69, 9.17) is 10.1 Å². The van der Waals surface area contributed by atoms with Gasteiger partial charge in [0.2, 0.25) is 0 Å². The van der Waals surface area contributed by atoms with Crippen LogP contribution < -0.4 is 0 Å². The molecule has 0 saturated carbocycles. The van der Waals surface area contributed by atoms with Crippen LogP contribution in [0.15, 0.2) is 12.2 Å². The molecule has 1 aliphatic heterocycles. The average molecular weight is 180 g/mol. The van der Waals surface area contributed by atoms with Gasteiger partial charge in [-0.1, -0.05) is 13.0 Å². The van der Waals surface area contributed by atoms with E-state index in [-0.39, 0.29) is 11.8 Å². The van der Waals surface area contributed by atoms with Crippen molar-refractivity contribution in [3.05, 3.63) is 12.2 Å². The molecule has 1 heterocycles. The lowest BCUT2D eigenvalue weighted by Gasteiger charge is -2.28. The van der Waals surface area contributed by atoms with E-state index in [1.54, 1.807) is 6.08 Å². The SMILES string of the molecule is CC[C@@H]1C(=O)C=CCN1BOC=N. The molecular weight excluding hydrogens is 167 g/mol. The van der Waals surface area contributed by atoms with E-state index >= 15 is 0 Å². The summed E-state index contributed by atoms with van der Waals surface area (Å²) in [7, 11) is 0.318. The molecule has 1 rings (SSSR count). The van der Waals surface area contributed by atoms with Crippen molar-refractivity contribution < 1.29 is 9.45 Å². The second kappa shape index (κ2) is 4.82. The first-order chi connectivity index (χ1) is 6.29. The Balaban J connectivity index is 2.56. The molecule has 13 heavy (non-hydrogen) atoms. The average Bonchev–Trinajstić information content (AvgIpc) is 2.15. The van der Waals surface area contributed by atoms with E-state index in [9.17, 15) is 4.79 Å². The maximum atomic E-state index is 11.4. The van der Waals surface area contributed by atoms with Gasteiger partial charge in [-0.25, -0.2) is 0 Å². The van der Waals surface area contributed by atoms with Gasteiger partial charge in [0.15, 0.2) is 5.78 Å².